The highest BCUT2D eigenvalue weighted by atomic mass is 79.9. The normalized spacial score (nSPS) is 18.3. The lowest BCUT2D eigenvalue weighted by Gasteiger charge is -2.23. The first-order valence-electron chi connectivity index (χ1n) is 7.21. The van der Waals surface area contributed by atoms with Crippen LogP contribution in [0.25, 0.3) is 0 Å². The van der Waals surface area contributed by atoms with Crippen LogP contribution in [0.4, 0.5) is 11.4 Å². The predicted octanol–water partition coefficient (Wildman–Crippen LogP) is 2.26. The lowest BCUT2D eigenvalue weighted by molar-refractivity contribution is -0.117. The Balaban J connectivity index is 2.28. The summed E-state index contributed by atoms with van der Waals surface area (Å²) in [5.74, 6) is -0.0133. The zero-order valence-electron chi connectivity index (χ0n) is 12.6. The topological polar surface area (TPSA) is 64.6 Å². The van der Waals surface area contributed by atoms with Crippen molar-refractivity contribution in [1.82, 2.24) is 5.32 Å². The van der Waals surface area contributed by atoms with Crippen LogP contribution < -0.4 is 15.5 Å². The van der Waals surface area contributed by atoms with E-state index in [1.807, 2.05) is 24.1 Å². The van der Waals surface area contributed by atoms with E-state index >= 15 is 0 Å². The van der Waals surface area contributed by atoms with Gasteiger partial charge in [0.25, 0.3) is 0 Å². The quantitative estimate of drug-likeness (QED) is 0.732. The number of halogens is 1. The monoisotopic (exact) mass is 355 g/mol. The van der Waals surface area contributed by atoms with E-state index in [2.05, 4.69) is 33.5 Å². The lowest BCUT2D eigenvalue weighted by Crippen LogP contribution is -2.28. The molecule has 21 heavy (non-hydrogen) atoms. The van der Waals surface area contributed by atoms with Gasteiger partial charge in [-0.2, -0.15) is 0 Å². The van der Waals surface area contributed by atoms with E-state index in [4.69, 9.17) is 0 Å². The Kier molecular flexibility index (Phi) is 5.24. The number of fused-ring (bicyclic) bond motifs is 1. The molecule has 6 heteroatoms. The summed E-state index contributed by atoms with van der Waals surface area (Å²) in [5.41, 5.74) is 2.75. The zero-order chi connectivity index (χ0) is 15.6. The molecule has 0 aliphatic carbocycles. The summed E-state index contributed by atoms with van der Waals surface area (Å²) in [6.45, 7) is 5.16. The van der Waals surface area contributed by atoms with Gasteiger partial charge in [0.1, 0.15) is 6.04 Å². The molecule has 0 bridgehead atoms. The first-order valence-corrected chi connectivity index (χ1v) is 8.00. The number of rotatable bonds is 6. The molecule has 1 aliphatic rings. The average molecular weight is 356 g/mol. The van der Waals surface area contributed by atoms with Crippen LogP contribution in [0, 0.1) is 0 Å². The fraction of sp³-hybridized carbons (Fsp3) is 0.533. The minimum atomic E-state index is -0.413. The van der Waals surface area contributed by atoms with Crippen molar-refractivity contribution in [2.75, 3.05) is 30.4 Å². The van der Waals surface area contributed by atoms with Crippen LogP contribution in [-0.4, -0.2) is 37.3 Å². The van der Waals surface area contributed by atoms with E-state index in [0.717, 1.165) is 34.4 Å². The van der Waals surface area contributed by atoms with Crippen LogP contribution in [0.15, 0.2) is 16.6 Å². The number of anilines is 2. The van der Waals surface area contributed by atoms with Gasteiger partial charge in [0.15, 0.2) is 0 Å². The maximum atomic E-state index is 12.1. The Bertz CT molecular complexity index is 534. The van der Waals surface area contributed by atoms with Crippen LogP contribution in [0.5, 0.6) is 0 Å². The predicted molar refractivity (Wildman–Crippen MR) is 88.8 cm³/mol. The molecular weight excluding hydrogens is 334 g/mol. The smallest absolute Gasteiger partial charge is 0.246 e. The van der Waals surface area contributed by atoms with Crippen molar-refractivity contribution < 1.29 is 9.90 Å². The number of aliphatic hydroxyl groups is 1. The van der Waals surface area contributed by atoms with Gasteiger partial charge in [0, 0.05) is 29.3 Å². The fourth-order valence-corrected chi connectivity index (χ4v) is 3.21. The van der Waals surface area contributed by atoms with Crippen molar-refractivity contribution in [2.24, 2.45) is 0 Å². The number of nitrogens with one attached hydrogen (secondary N) is 2. The first-order chi connectivity index (χ1) is 9.93. The van der Waals surface area contributed by atoms with Crippen molar-refractivity contribution in [2.45, 2.75) is 32.4 Å². The molecule has 1 aromatic carbocycles. The number of nitrogens with zero attached hydrogens (tertiary/aromatic N) is 1. The van der Waals surface area contributed by atoms with Gasteiger partial charge in [-0.3, -0.25) is 4.79 Å². The highest BCUT2D eigenvalue weighted by Gasteiger charge is 2.31. The summed E-state index contributed by atoms with van der Waals surface area (Å²) in [6, 6.07) is 3.65. The second-order valence-corrected chi connectivity index (χ2v) is 6.35. The summed E-state index contributed by atoms with van der Waals surface area (Å²) < 4.78 is 0.921. The number of benzene rings is 1. The van der Waals surface area contributed by atoms with Gasteiger partial charge in [0.2, 0.25) is 5.91 Å². The summed E-state index contributed by atoms with van der Waals surface area (Å²) in [6.07, 6.45) is 0.568. The molecule has 1 heterocycles. The Labute approximate surface area is 133 Å². The maximum Gasteiger partial charge on any atom is 0.246 e. The number of hydrogen-bond donors (Lipinski definition) is 3. The molecule has 0 saturated carbocycles. The van der Waals surface area contributed by atoms with Crippen LogP contribution in [-0.2, 0) is 4.79 Å². The summed E-state index contributed by atoms with van der Waals surface area (Å²) in [5, 5.41) is 15.7. The lowest BCUT2D eigenvalue weighted by atomic mass is 10.1. The molecule has 1 aliphatic heterocycles. The van der Waals surface area contributed by atoms with E-state index in [1.165, 1.54) is 0 Å². The van der Waals surface area contributed by atoms with E-state index in [-0.39, 0.29) is 11.9 Å². The molecule has 0 saturated heterocycles. The molecule has 0 fully saturated rings. The second-order valence-electron chi connectivity index (χ2n) is 5.50. The van der Waals surface area contributed by atoms with Crippen molar-refractivity contribution >= 4 is 33.2 Å². The molecule has 1 aromatic rings. The highest BCUT2D eigenvalue weighted by Crippen LogP contribution is 2.38. The fourth-order valence-electron chi connectivity index (χ4n) is 2.55. The minimum absolute atomic E-state index is 0.0133. The van der Waals surface area contributed by atoms with Gasteiger partial charge in [-0.25, -0.2) is 0 Å². The maximum absolute atomic E-state index is 12.1. The Morgan fingerprint density at radius 3 is 2.86 bits per heavy atom. The van der Waals surface area contributed by atoms with Crippen LogP contribution in [0.2, 0.25) is 0 Å². The van der Waals surface area contributed by atoms with Crippen LogP contribution in [0.3, 0.4) is 0 Å². The van der Waals surface area contributed by atoms with Gasteiger partial charge in [-0.05, 0) is 48.0 Å². The van der Waals surface area contributed by atoms with E-state index in [0.29, 0.717) is 6.54 Å². The van der Waals surface area contributed by atoms with Crippen LogP contribution in [0.1, 0.15) is 31.9 Å². The third-order valence-corrected chi connectivity index (χ3v) is 4.13. The molecule has 5 nitrogen and oxygen atoms in total. The third-order valence-electron chi connectivity index (χ3n) is 3.50. The number of hydrogen-bond acceptors (Lipinski definition) is 4. The molecule has 0 radical (unpaired) electrons. The van der Waals surface area contributed by atoms with Crippen molar-refractivity contribution in [3.63, 3.8) is 0 Å². The van der Waals surface area contributed by atoms with Crippen LogP contribution >= 0.6 is 15.9 Å². The highest BCUT2D eigenvalue weighted by molar-refractivity contribution is 9.10. The standard InChI is InChI=1S/C15H22BrN3O2/c1-4-5-17-14-10-6-11(16)13(19(3)8-9(2)20)7-12(10)18-15(14)21/h6-7,9,14,17,20H,4-5,8H2,1-3H3,(H,18,21). The van der Waals surface area contributed by atoms with Gasteiger partial charge in [-0.1, -0.05) is 6.92 Å². The van der Waals surface area contributed by atoms with E-state index in [1.54, 1.807) is 6.92 Å². The molecule has 2 unspecified atom stereocenters. The van der Waals surface area contributed by atoms with Crippen molar-refractivity contribution in [1.29, 1.82) is 0 Å². The molecule has 0 aromatic heterocycles. The SMILES string of the molecule is CCCNC1C(=O)Nc2cc(N(C)CC(C)O)c(Br)cc21. The number of carbonyl (C=O) groups is 1. The summed E-state index contributed by atoms with van der Waals surface area (Å²) in [4.78, 5) is 14.0. The minimum Gasteiger partial charge on any atom is -0.392 e. The van der Waals surface area contributed by atoms with Gasteiger partial charge in [0.05, 0.1) is 11.8 Å². The van der Waals surface area contributed by atoms with Crippen molar-refractivity contribution in [3.05, 3.63) is 22.2 Å². The molecule has 0 spiro atoms. The van der Waals surface area contributed by atoms with Gasteiger partial charge >= 0.3 is 0 Å². The number of carbonyl (C=O) groups excluding carboxylic acids is 1. The molecule has 2 atom stereocenters. The average Bonchev–Trinajstić information content (AvgIpc) is 2.69. The molecule has 1 amide bonds. The molecular formula is C15H22BrN3O2. The Morgan fingerprint density at radius 1 is 1.52 bits per heavy atom. The van der Waals surface area contributed by atoms with Gasteiger partial charge in [-0.15, -0.1) is 0 Å². The zero-order valence-corrected chi connectivity index (χ0v) is 14.2. The summed E-state index contributed by atoms with van der Waals surface area (Å²) >= 11 is 3.57. The van der Waals surface area contributed by atoms with Gasteiger partial charge < -0.3 is 20.6 Å². The van der Waals surface area contributed by atoms with E-state index < -0.39 is 6.10 Å². The number of aliphatic hydroxyl groups excluding tert-OH is 1. The Morgan fingerprint density at radius 2 is 2.24 bits per heavy atom. The van der Waals surface area contributed by atoms with Crippen molar-refractivity contribution in [3.8, 4) is 0 Å². The third kappa shape index (κ3) is 3.56. The van der Waals surface area contributed by atoms with E-state index in [9.17, 15) is 9.90 Å². The molecule has 116 valence electrons. The summed E-state index contributed by atoms with van der Waals surface area (Å²) in [7, 11) is 1.92. The molecule has 2 rings (SSSR count). The Hall–Kier alpha value is -1.11. The second kappa shape index (κ2) is 6.77. The largest absolute Gasteiger partial charge is 0.392 e. The molecule has 3 N–H and O–H groups in total. The number of likely N-dealkylation sites (N-methyl/N-ethyl adjacent to an activating group) is 1. The first kappa shape index (κ1) is 16.3. The number of amides is 1.